The molecule has 4 saturated carbocycles. The molecule has 0 heterocycles. The molecule has 4 aliphatic carbocycles. The van der Waals surface area contributed by atoms with Crippen molar-refractivity contribution in [1.29, 1.82) is 0 Å². The summed E-state index contributed by atoms with van der Waals surface area (Å²) in [6.07, 6.45) is 2.39. The first-order valence-corrected chi connectivity index (χ1v) is 9.61. The first-order valence-electron chi connectivity index (χ1n) is 9.61. The maximum absolute atomic E-state index is 13.2. The summed E-state index contributed by atoms with van der Waals surface area (Å²) in [4.78, 5) is 13.2. The molecule has 1 spiro atoms. The lowest BCUT2D eigenvalue weighted by molar-refractivity contribution is -0.244. The first kappa shape index (κ1) is 17.7. The van der Waals surface area contributed by atoms with E-state index in [1.165, 1.54) is 0 Å². The third kappa shape index (κ3) is 1.81. The highest BCUT2D eigenvalue weighted by atomic mass is 16.3. The van der Waals surface area contributed by atoms with E-state index in [2.05, 4.69) is 6.58 Å². The Morgan fingerprint density at radius 3 is 2.48 bits per heavy atom. The molecule has 4 N–H and O–H groups in total. The van der Waals surface area contributed by atoms with Gasteiger partial charge in [0, 0.05) is 24.5 Å². The first-order chi connectivity index (χ1) is 11.8. The number of hydrogen-bond donors (Lipinski definition) is 4. The van der Waals surface area contributed by atoms with Crippen LogP contribution >= 0.6 is 0 Å². The van der Waals surface area contributed by atoms with E-state index >= 15 is 0 Å². The Hall–Kier alpha value is -0.750. The van der Waals surface area contributed by atoms with E-state index in [0.29, 0.717) is 24.8 Å². The Balaban J connectivity index is 1.89. The van der Waals surface area contributed by atoms with Crippen LogP contribution in [0.15, 0.2) is 12.2 Å². The molecule has 4 aliphatic rings. The van der Waals surface area contributed by atoms with Gasteiger partial charge >= 0.3 is 0 Å². The number of Topliss-reactive ketones (excluding diaryl/α,β-unsaturated/α-hetero) is 1. The summed E-state index contributed by atoms with van der Waals surface area (Å²) in [5.74, 6) is -0.774. The Morgan fingerprint density at radius 2 is 1.84 bits per heavy atom. The van der Waals surface area contributed by atoms with Crippen molar-refractivity contribution in [2.75, 3.05) is 13.2 Å². The molecular formula is C20H30O5. The van der Waals surface area contributed by atoms with Gasteiger partial charge in [-0.2, -0.15) is 0 Å². The molecule has 5 nitrogen and oxygen atoms in total. The molecule has 0 saturated heterocycles. The van der Waals surface area contributed by atoms with Crippen molar-refractivity contribution in [3.63, 3.8) is 0 Å². The third-order valence-corrected chi connectivity index (χ3v) is 8.63. The molecule has 1 unspecified atom stereocenters. The molecule has 4 fully saturated rings. The number of rotatable bonds is 2. The second-order valence-corrected chi connectivity index (χ2v) is 9.33. The molecule has 5 heteroatoms. The van der Waals surface area contributed by atoms with Crippen LogP contribution in [0.25, 0.3) is 0 Å². The number of carbonyl (C=O) groups is 1. The molecule has 140 valence electrons. The van der Waals surface area contributed by atoms with Crippen molar-refractivity contribution in [2.24, 2.45) is 34.0 Å². The highest BCUT2D eigenvalue weighted by Crippen LogP contribution is 2.70. The van der Waals surface area contributed by atoms with Crippen LogP contribution < -0.4 is 0 Å². The molecule has 0 radical (unpaired) electrons. The minimum atomic E-state index is -1.22. The summed E-state index contributed by atoms with van der Waals surface area (Å²) in [5.41, 5.74) is -1.67. The van der Waals surface area contributed by atoms with Crippen LogP contribution in [-0.4, -0.2) is 51.6 Å². The van der Waals surface area contributed by atoms with Crippen LogP contribution in [0.1, 0.15) is 45.4 Å². The van der Waals surface area contributed by atoms with E-state index in [0.717, 1.165) is 19.3 Å². The third-order valence-electron chi connectivity index (χ3n) is 8.63. The number of carbonyl (C=O) groups excluding carboxylic acids is 1. The molecule has 0 aliphatic heterocycles. The zero-order valence-corrected chi connectivity index (χ0v) is 14.9. The lowest BCUT2D eigenvalue weighted by Crippen LogP contribution is -2.69. The number of aliphatic hydroxyl groups is 4. The largest absolute Gasteiger partial charge is 0.396 e. The zero-order chi connectivity index (χ0) is 18.2. The van der Waals surface area contributed by atoms with Gasteiger partial charge in [-0.05, 0) is 54.9 Å². The van der Waals surface area contributed by atoms with Gasteiger partial charge in [0.25, 0.3) is 0 Å². The van der Waals surface area contributed by atoms with Crippen molar-refractivity contribution in [3.8, 4) is 0 Å². The monoisotopic (exact) mass is 350 g/mol. The summed E-state index contributed by atoms with van der Waals surface area (Å²) in [5, 5.41) is 42.7. The van der Waals surface area contributed by atoms with Gasteiger partial charge in [-0.25, -0.2) is 0 Å². The van der Waals surface area contributed by atoms with Crippen LogP contribution in [0.4, 0.5) is 0 Å². The van der Waals surface area contributed by atoms with E-state index in [1.807, 2.05) is 6.92 Å². The highest BCUT2D eigenvalue weighted by Gasteiger charge is 2.74. The molecule has 8 atom stereocenters. The Morgan fingerprint density at radius 1 is 1.12 bits per heavy atom. The van der Waals surface area contributed by atoms with Crippen molar-refractivity contribution in [3.05, 3.63) is 12.2 Å². The lowest BCUT2D eigenvalue weighted by atomic mass is 9.39. The fourth-order valence-electron chi connectivity index (χ4n) is 7.44. The molecule has 0 aromatic heterocycles. The molecule has 4 rings (SSSR count). The van der Waals surface area contributed by atoms with Crippen molar-refractivity contribution in [1.82, 2.24) is 0 Å². The van der Waals surface area contributed by atoms with Gasteiger partial charge < -0.3 is 20.4 Å². The van der Waals surface area contributed by atoms with Gasteiger partial charge in [-0.3, -0.25) is 4.79 Å². The van der Waals surface area contributed by atoms with Crippen LogP contribution in [0.3, 0.4) is 0 Å². The van der Waals surface area contributed by atoms with Gasteiger partial charge in [-0.1, -0.05) is 19.9 Å². The van der Waals surface area contributed by atoms with Crippen molar-refractivity contribution >= 4 is 5.78 Å². The number of hydrogen-bond acceptors (Lipinski definition) is 5. The fourth-order valence-corrected chi connectivity index (χ4v) is 7.44. The smallest absolute Gasteiger partial charge is 0.170 e. The summed E-state index contributed by atoms with van der Waals surface area (Å²) in [6, 6.07) is 0. The standard InChI is InChI=1S/C20H30O5/c1-11-12-4-5-13-19(10-22)7-3-6-18(2,9-21)14(19)8-15(23)20(13,16(11)24)17(12)25/h12-15,17,21-23,25H,1,3-10H2,2H3/t12-,13-,14+,15+,17?,18+,19+,20-/m0/s1. The second kappa shape index (κ2) is 5.38. The van der Waals surface area contributed by atoms with Gasteiger partial charge in [0.15, 0.2) is 5.78 Å². The van der Waals surface area contributed by atoms with E-state index in [1.54, 1.807) is 0 Å². The number of fused-ring (bicyclic) bond motifs is 3. The molecule has 0 aromatic carbocycles. The van der Waals surface area contributed by atoms with Gasteiger partial charge in [0.2, 0.25) is 0 Å². The van der Waals surface area contributed by atoms with Crippen molar-refractivity contribution in [2.45, 2.75) is 57.7 Å². The van der Waals surface area contributed by atoms with Crippen LogP contribution in [0.2, 0.25) is 0 Å². The maximum Gasteiger partial charge on any atom is 0.170 e. The van der Waals surface area contributed by atoms with Gasteiger partial charge in [0.05, 0.1) is 17.6 Å². The van der Waals surface area contributed by atoms with Crippen LogP contribution in [-0.2, 0) is 4.79 Å². The average molecular weight is 350 g/mol. The van der Waals surface area contributed by atoms with Crippen molar-refractivity contribution < 1.29 is 25.2 Å². The summed E-state index contributed by atoms with van der Waals surface area (Å²) in [6.45, 7) is 5.90. The van der Waals surface area contributed by atoms with E-state index in [9.17, 15) is 25.2 Å². The lowest BCUT2D eigenvalue weighted by Gasteiger charge is -2.65. The van der Waals surface area contributed by atoms with Gasteiger partial charge in [0.1, 0.15) is 0 Å². The summed E-state index contributed by atoms with van der Waals surface area (Å²) < 4.78 is 0. The second-order valence-electron chi connectivity index (χ2n) is 9.33. The Kier molecular flexibility index (Phi) is 3.80. The SMILES string of the molecule is C=C1C(=O)[C@]23C(O)[C@H]1CC[C@H]2[C@]1(CO)CCC[C@](C)(CO)[C@H]1C[C@H]3O. The van der Waals surface area contributed by atoms with E-state index in [4.69, 9.17) is 0 Å². The molecule has 2 bridgehead atoms. The zero-order valence-electron chi connectivity index (χ0n) is 14.9. The van der Waals surface area contributed by atoms with E-state index < -0.39 is 23.0 Å². The minimum absolute atomic E-state index is 0.0116. The normalized spacial score (nSPS) is 55.0. The Bertz CT molecular complexity index is 617. The van der Waals surface area contributed by atoms with Crippen LogP contribution in [0, 0.1) is 34.0 Å². The number of aliphatic hydroxyl groups excluding tert-OH is 4. The van der Waals surface area contributed by atoms with Crippen LogP contribution in [0.5, 0.6) is 0 Å². The topological polar surface area (TPSA) is 98.0 Å². The predicted octanol–water partition coefficient (Wildman–Crippen LogP) is 1.04. The highest BCUT2D eigenvalue weighted by molar-refractivity contribution is 6.04. The fraction of sp³-hybridized carbons (Fsp3) is 0.850. The minimum Gasteiger partial charge on any atom is -0.396 e. The molecule has 0 aromatic rings. The van der Waals surface area contributed by atoms with Gasteiger partial charge in [-0.15, -0.1) is 0 Å². The average Bonchev–Trinajstić information content (AvgIpc) is 2.71. The van der Waals surface area contributed by atoms with E-state index in [-0.39, 0.29) is 42.2 Å². The molecule has 0 amide bonds. The molecule has 25 heavy (non-hydrogen) atoms. The summed E-state index contributed by atoms with van der Waals surface area (Å²) >= 11 is 0. The summed E-state index contributed by atoms with van der Waals surface area (Å²) in [7, 11) is 0. The quantitative estimate of drug-likeness (QED) is 0.558. The Labute approximate surface area is 148 Å². The number of ketones is 1. The predicted molar refractivity (Wildman–Crippen MR) is 91.5 cm³/mol. The maximum atomic E-state index is 13.2. The molecular weight excluding hydrogens is 320 g/mol.